The van der Waals surface area contributed by atoms with Crippen LogP contribution in [0.4, 0.5) is 5.69 Å². The molecule has 0 heterocycles. The van der Waals surface area contributed by atoms with Gasteiger partial charge in [0.15, 0.2) is 6.19 Å². The van der Waals surface area contributed by atoms with Crippen LogP contribution in [0.2, 0.25) is 10.0 Å². The minimum absolute atomic E-state index is 0.228. The number of benzene rings is 1. The van der Waals surface area contributed by atoms with Gasteiger partial charge in [-0.1, -0.05) is 37.0 Å². The molecule has 0 aliphatic heterocycles. The molecule has 0 saturated carbocycles. The zero-order valence-corrected chi connectivity index (χ0v) is 13.3. The zero-order valence-electron chi connectivity index (χ0n) is 11.8. The molecule has 2 N–H and O–H groups in total. The van der Waals surface area contributed by atoms with E-state index in [-0.39, 0.29) is 5.54 Å². The van der Waals surface area contributed by atoms with Crippen LogP contribution in [-0.2, 0) is 0 Å². The SMILES string of the molecule is CCC(C)(CC)/N=C(\NC#N)Nc1cc(Cl)cc(Cl)c1. The minimum Gasteiger partial charge on any atom is -0.325 e. The van der Waals surface area contributed by atoms with Crippen molar-refractivity contribution in [2.45, 2.75) is 39.2 Å². The molecule has 1 aromatic carbocycles. The molecule has 0 amide bonds. The van der Waals surface area contributed by atoms with Gasteiger partial charge in [0.1, 0.15) is 0 Å². The van der Waals surface area contributed by atoms with E-state index in [0.29, 0.717) is 21.7 Å². The largest absolute Gasteiger partial charge is 0.325 e. The van der Waals surface area contributed by atoms with Gasteiger partial charge < -0.3 is 5.32 Å². The summed E-state index contributed by atoms with van der Waals surface area (Å²) in [4.78, 5) is 4.58. The van der Waals surface area contributed by atoms with E-state index in [2.05, 4.69) is 29.5 Å². The third kappa shape index (κ3) is 4.92. The summed E-state index contributed by atoms with van der Waals surface area (Å²) in [6.45, 7) is 6.17. The molecule has 108 valence electrons. The second-order valence-corrected chi connectivity index (χ2v) is 5.56. The van der Waals surface area contributed by atoms with Crippen LogP contribution in [0.25, 0.3) is 0 Å². The van der Waals surface area contributed by atoms with Crippen LogP contribution < -0.4 is 10.6 Å². The lowest BCUT2D eigenvalue weighted by atomic mass is 9.97. The number of hydrogen-bond donors (Lipinski definition) is 2. The molecule has 0 atom stereocenters. The fourth-order valence-corrected chi connectivity index (χ4v) is 2.11. The molecule has 6 heteroatoms. The second kappa shape index (κ2) is 7.37. The molecule has 1 rings (SSSR count). The van der Waals surface area contributed by atoms with Gasteiger partial charge in [-0.15, -0.1) is 0 Å². The fourth-order valence-electron chi connectivity index (χ4n) is 1.58. The van der Waals surface area contributed by atoms with Crippen molar-refractivity contribution in [2.75, 3.05) is 5.32 Å². The van der Waals surface area contributed by atoms with Crippen molar-refractivity contribution < 1.29 is 0 Å². The van der Waals surface area contributed by atoms with Gasteiger partial charge in [0.25, 0.3) is 0 Å². The van der Waals surface area contributed by atoms with Crippen molar-refractivity contribution in [1.82, 2.24) is 5.32 Å². The van der Waals surface area contributed by atoms with E-state index < -0.39 is 0 Å². The van der Waals surface area contributed by atoms with Gasteiger partial charge in [0, 0.05) is 15.7 Å². The molecule has 20 heavy (non-hydrogen) atoms. The first kappa shape index (κ1) is 16.6. The summed E-state index contributed by atoms with van der Waals surface area (Å²) in [5.74, 6) is 0.386. The first-order valence-electron chi connectivity index (χ1n) is 6.40. The van der Waals surface area contributed by atoms with Crippen LogP contribution in [0.5, 0.6) is 0 Å². The normalized spacial score (nSPS) is 11.9. The average molecular weight is 313 g/mol. The number of halogens is 2. The van der Waals surface area contributed by atoms with Crippen molar-refractivity contribution in [1.29, 1.82) is 5.26 Å². The van der Waals surface area contributed by atoms with Crippen molar-refractivity contribution in [3.8, 4) is 6.19 Å². The van der Waals surface area contributed by atoms with Gasteiger partial charge in [-0.25, -0.2) is 4.99 Å². The molecule has 0 radical (unpaired) electrons. The van der Waals surface area contributed by atoms with Gasteiger partial charge in [-0.05, 0) is 38.0 Å². The number of hydrogen-bond acceptors (Lipinski definition) is 2. The lowest BCUT2D eigenvalue weighted by Gasteiger charge is -2.23. The van der Waals surface area contributed by atoms with E-state index in [1.807, 2.05) is 13.1 Å². The lowest BCUT2D eigenvalue weighted by Crippen LogP contribution is -2.32. The van der Waals surface area contributed by atoms with Gasteiger partial charge in [-0.3, -0.25) is 5.32 Å². The number of nitrogens with one attached hydrogen (secondary N) is 2. The summed E-state index contributed by atoms with van der Waals surface area (Å²) in [6, 6.07) is 5.08. The predicted octanol–water partition coefficient (Wildman–Crippen LogP) is 4.41. The molecule has 1 aromatic rings. The Hall–Kier alpha value is -1.44. The van der Waals surface area contributed by atoms with Crippen molar-refractivity contribution in [3.63, 3.8) is 0 Å². The van der Waals surface area contributed by atoms with Crippen molar-refractivity contribution in [3.05, 3.63) is 28.2 Å². The van der Waals surface area contributed by atoms with Crippen LogP contribution in [-0.4, -0.2) is 11.5 Å². The minimum atomic E-state index is -0.228. The van der Waals surface area contributed by atoms with E-state index in [1.54, 1.807) is 18.2 Å². The number of guanidine groups is 1. The number of rotatable bonds is 4. The average Bonchev–Trinajstić information content (AvgIpc) is 2.37. The Labute approximate surface area is 129 Å². The second-order valence-electron chi connectivity index (χ2n) is 4.68. The van der Waals surface area contributed by atoms with Crippen LogP contribution in [0.3, 0.4) is 0 Å². The summed E-state index contributed by atoms with van der Waals surface area (Å²) in [5.41, 5.74) is 0.452. The summed E-state index contributed by atoms with van der Waals surface area (Å²) in [5, 5.41) is 15.5. The first-order chi connectivity index (χ1) is 9.42. The fraction of sp³-hybridized carbons (Fsp3) is 0.429. The predicted molar refractivity (Wildman–Crippen MR) is 85.3 cm³/mol. The first-order valence-corrected chi connectivity index (χ1v) is 7.16. The Morgan fingerprint density at radius 1 is 1.25 bits per heavy atom. The van der Waals surface area contributed by atoms with Gasteiger partial charge in [-0.2, -0.15) is 5.26 Å². The number of aliphatic imine (C=N–C) groups is 1. The molecular weight excluding hydrogens is 295 g/mol. The van der Waals surface area contributed by atoms with E-state index >= 15 is 0 Å². The van der Waals surface area contributed by atoms with Gasteiger partial charge in [0.2, 0.25) is 5.96 Å². The summed E-state index contributed by atoms with van der Waals surface area (Å²) in [7, 11) is 0. The molecule has 0 saturated heterocycles. The third-order valence-electron chi connectivity index (χ3n) is 3.20. The Kier molecular flexibility index (Phi) is 6.12. The highest BCUT2D eigenvalue weighted by molar-refractivity contribution is 6.35. The van der Waals surface area contributed by atoms with Gasteiger partial charge >= 0.3 is 0 Å². The zero-order chi connectivity index (χ0) is 15.2. The van der Waals surface area contributed by atoms with Crippen molar-refractivity contribution in [2.24, 2.45) is 4.99 Å². The van der Waals surface area contributed by atoms with E-state index in [9.17, 15) is 0 Å². The van der Waals surface area contributed by atoms with Gasteiger partial charge in [0.05, 0.1) is 5.54 Å². The van der Waals surface area contributed by atoms with Crippen LogP contribution in [0.1, 0.15) is 33.6 Å². The number of anilines is 1. The summed E-state index contributed by atoms with van der Waals surface area (Å²) in [6.07, 6.45) is 3.62. The molecule has 4 nitrogen and oxygen atoms in total. The molecule has 0 aliphatic rings. The molecule has 0 fully saturated rings. The smallest absolute Gasteiger partial charge is 0.209 e. The molecule has 0 aromatic heterocycles. The van der Waals surface area contributed by atoms with E-state index in [1.165, 1.54) is 0 Å². The highest BCUT2D eigenvalue weighted by Gasteiger charge is 2.19. The highest BCUT2D eigenvalue weighted by Crippen LogP contribution is 2.23. The number of nitrogens with zero attached hydrogens (tertiary/aromatic N) is 2. The monoisotopic (exact) mass is 312 g/mol. The molecule has 0 spiro atoms. The maximum absolute atomic E-state index is 8.83. The van der Waals surface area contributed by atoms with E-state index in [0.717, 1.165) is 12.8 Å². The molecular formula is C14H18Cl2N4. The van der Waals surface area contributed by atoms with Crippen molar-refractivity contribution >= 4 is 34.8 Å². The molecule has 0 aliphatic carbocycles. The third-order valence-corrected chi connectivity index (χ3v) is 3.64. The number of nitriles is 1. The van der Waals surface area contributed by atoms with Crippen LogP contribution >= 0.6 is 23.2 Å². The quantitative estimate of drug-likeness (QED) is 0.374. The Balaban J connectivity index is 3.03. The van der Waals surface area contributed by atoms with Crippen LogP contribution in [0, 0.1) is 11.5 Å². The Morgan fingerprint density at radius 3 is 2.25 bits per heavy atom. The summed E-state index contributed by atoms with van der Waals surface area (Å²) >= 11 is 11.9. The summed E-state index contributed by atoms with van der Waals surface area (Å²) < 4.78 is 0. The maximum atomic E-state index is 8.83. The Bertz CT molecular complexity index is 510. The maximum Gasteiger partial charge on any atom is 0.209 e. The van der Waals surface area contributed by atoms with E-state index in [4.69, 9.17) is 28.5 Å². The Morgan fingerprint density at radius 2 is 1.80 bits per heavy atom. The van der Waals surface area contributed by atoms with Crippen LogP contribution in [0.15, 0.2) is 23.2 Å². The highest BCUT2D eigenvalue weighted by atomic mass is 35.5. The molecule has 0 unspecified atom stereocenters. The molecule has 0 bridgehead atoms. The topological polar surface area (TPSA) is 60.2 Å². The standard InChI is InChI=1S/C14H18Cl2N4/c1-4-14(3,5-2)20-13(18-9-17)19-12-7-10(15)6-11(16)8-12/h6-8H,4-5H2,1-3H3,(H2,18,19,20). The lowest BCUT2D eigenvalue weighted by molar-refractivity contribution is 0.440.